The van der Waals surface area contributed by atoms with Gasteiger partial charge in [-0.3, -0.25) is 9.59 Å². The summed E-state index contributed by atoms with van der Waals surface area (Å²) in [5.74, 6) is 0.172. The largest absolute Gasteiger partial charge is 0.495 e. The zero-order valence-corrected chi connectivity index (χ0v) is 18.1. The molecule has 2 heterocycles. The van der Waals surface area contributed by atoms with Crippen LogP contribution in [0.3, 0.4) is 0 Å². The topological polar surface area (TPSA) is 61.9 Å². The predicted octanol–water partition coefficient (Wildman–Crippen LogP) is 3.87. The van der Waals surface area contributed by atoms with E-state index in [1.807, 2.05) is 24.3 Å². The number of anilines is 2. The van der Waals surface area contributed by atoms with Crippen molar-refractivity contribution < 1.29 is 27.5 Å². The molecule has 0 aromatic heterocycles. The first-order valence-corrected chi connectivity index (χ1v) is 11.0. The van der Waals surface area contributed by atoms with Gasteiger partial charge in [-0.25, -0.2) is 0 Å². The van der Waals surface area contributed by atoms with Gasteiger partial charge in [-0.1, -0.05) is 12.1 Å². The van der Waals surface area contributed by atoms with Crippen LogP contribution >= 0.6 is 11.8 Å². The maximum absolute atomic E-state index is 12.9. The molecular weight excluding hydrogens is 443 g/mol. The average molecular weight is 465 g/mol. The number of nitrogens with zero attached hydrogens (tertiary/aromatic N) is 2. The van der Waals surface area contributed by atoms with E-state index in [1.165, 1.54) is 6.07 Å². The van der Waals surface area contributed by atoms with Crippen LogP contribution in [0.5, 0.6) is 5.75 Å². The molecular formula is C22H22F3N3O3S. The zero-order chi connectivity index (χ0) is 22.9. The molecule has 2 aliphatic rings. The summed E-state index contributed by atoms with van der Waals surface area (Å²) in [7, 11) is 1.62. The van der Waals surface area contributed by atoms with E-state index in [4.69, 9.17) is 4.74 Å². The number of alkyl halides is 3. The summed E-state index contributed by atoms with van der Waals surface area (Å²) in [6.45, 7) is 2.31. The fraction of sp³-hybridized carbons (Fsp3) is 0.364. The number of fused-ring (bicyclic) bond motifs is 1. The molecule has 0 spiro atoms. The lowest BCUT2D eigenvalue weighted by molar-refractivity contribution is -0.137. The molecule has 0 saturated carbocycles. The van der Waals surface area contributed by atoms with E-state index in [1.54, 1.807) is 12.0 Å². The van der Waals surface area contributed by atoms with Crippen molar-refractivity contribution in [3.63, 3.8) is 0 Å². The maximum Gasteiger partial charge on any atom is 0.416 e. The Bertz CT molecular complexity index is 1020. The second-order valence-electron chi connectivity index (χ2n) is 7.55. The van der Waals surface area contributed by atoms with Crippen LogP contribution in [-0.4, -0.2) is 55.3 Å². The Kier molecular flexibility index (Phi) is 6.23. The molecule has 32 heavy (non-hydrogen) atoms. The van der Waals surface area contributed by atoms with Gasteiger partial charge in [-0.2, -0.15) is 13.2 Å². The fourth-order valence-corrected chi connectivity index (χ4v) is 4.92. The molecule has 1 atom stereocenters. The van der Waals surface area contributed by atoms with Crippen LogP contribution in [0.15, 0.2) is 47.4 Å². The van der Waals surface area contributed by atoms with Crippen LogP contribution < -0.4 is 15.0 Å². The molecule has 4 rings (SSSR count). The van der Waals surface area contributed by atoms with E-state index in [0.717, 1.165) is 35.3 Å². The number of methoxy groups -OCH3 is 1. The van der Waals surface area contributed by atoms with Crippen molar-refractivity contribution in [3.8, 4) is 5.75 Å². The lowest BCUT2D eigenvalue weighted by Gasteiger charge is -2.37. The summed E-state index contributed by atoms with van der Waals surface area (Å²) in [4.78, 5) is 29.7. The van der Waals surface area contributed by atoms with E-state index in [-0.39, 0.29) is 18.0 Å². The van der Waals surface area contributed by atoms with Gasteiger partial charge in [0.05, 0.1) is 29.3 Å². The van der Waals surface area contributed by atoms with Gasteiger partial charge in [0.25, 0.3) is 0 Å². The van der Waals surface area contributed by atoms with E-state index in [0.29, 0.717) is 31.1 Å². The van der Waals surface area contributed by atoms with E-state index >= 15 is 0 Å². The monoisotopic (exact) mass is 465 g/mol. The zero-order valence-electron chi connectivity index (χ0n) is 17.3. The molecule has 2 aliphatic heterocycles. The predicted molar refractivity (Wildman–Crippen MR) is 116 cm³/mol. The lowest BCUT2D eigenvalue weighted by atomic mass is 10.1. The van der Waals surface area contributed by atoms with Crippen LogP contribution in [0.2, 0.25) is 0 Å². The normalized spacial score (nSPS) is 18.8. The Morgan fingerprint density at radius 2 is 1.88 bits per heavy atom. The number of hydrogen-bond donors (Lipinski definition) is 1. The smallest absolute Gasteiger partial charge is 0.416 e. The van der Waals surface area contributed by atoms with Crippen LogP contribution in [0, 0.1) is 0 Å². The summed E-state index contributed by atoms with van der Waals surface area (Å²) >= 11 is 1.13. The fourth-order valence-electron chi connectivity index (χ4n) is 3.84. The van der Waals surface area contributed by atoms with Gasteiger partial charge < -0.3 is 19.9 Å². The molecule has 1 N–H and O–H groups in total. The molecule has 0 radical (unpaired) electrons. The number of hydrogen-bond acceptors (Lipinski definition) is 5. The highest BCUT2D eigenvalue weighted by Gasteiger charge is 2.35. The highest BCUT2D eigenvalue weighted by Crippen LogP contribution is 2.40. The highest BCUT2D eigenvalue weighted by molar-refractivity contribution is 8.01. The van der Waals surface area contributed by atoms with Gasteiger partial charge in [0.15, 0.2) is 0 Å². The third-order valence-corrected chi connectivity index (χ3v) is 6.82. The summed E-state index contributed by atoms with van der Waals surface area (Å²) in [5.41, 5.74) is 0.280. The summed E-state index contributed by atoms with van der Waals surface area (Å²) < 4.78 is 44.1. The lowest BCUT2D eigenvalue weighted by Crippen LogP contribution is -2.49. The number of carbonyl (C=O) groups is 2. The number of piperazine rings is 1. The summed E-state index contributed by atoms with van der Waals surface area (Å²) in [6.07, 6.45) is -4.49. The minimum atomic E-state index is -4.48. The van der Waals surface area contributed by atoms with E-state index in [9.17, 15) is 22.8 Å². The van der Waals surface area contributed by atoms with Crippen molar-refractivity contribution in [1.82, 2.24) is 4.90 Å². The van der Waals surface area contributed by atoms with Crippen molar-refractivity contribution in [1.29, 1.82) is 0 Å². The van der Waals surface area contributed by atoms with Crippen LogP contribution in [-0.2, 0) is 15.8 Å². The number of benzene rings is 2. The first kappa shape index (κ1) is 22.3. The number of para-hydroxylation sites is 2. The number of thioether (sulfide) groups is 1. The molecule has 0 bridgehead atoms. The number of carbonyl (C=O) groups excluding carboxylic acids is 2. The second-order valence-corrected chi connectivity index (χ2v) is 8.79. The minimum Gasteiger partial charge on any atom is -0.495 e. The third-order valence-electron chi connectivity index (χ3n) is 5.54. The van der Waals surface area contributed by atoms with Crippen molar-refractivity contribution in [2.45, 2.75) is 22.7 Å². The van der Waals surface area contributed by atoms with Gasteiger partial charge in [0.2, 0.25) is 11.8 Å². The van der Waals surface area contributed by atoms with Crippen LogP contribution in [0.25, 0.3) is 0 Å². The second kappa shape index (κ2) is 8.93. The first-order valence-electron chi connectivity index (χ1n) is 10.1. The molecule has 0 aliphatic carbocycles. The maximum atomic E-state index is 12.9. The van der Waals surface area contributed by atoms with Crippen molar-refractivity contribution >= 4 is 35.0 Å². The summed E-state index contributed by atoms with van der Waals surface area (Å²) in [6, 6.07) is 10.9. The first-order chi connectivity index (χ1) is 15.3. The van der Waals surface area contributed by atoms with E-state index < -0.39 is 22.9 Å². The Morgan fingerprint density at radius 3 is 2.56 bits per heavy atom. The average Bonchev–Trinajstić information content (AvgIpc) is 2.78. The third kappa shape index (κ3) is 4.64. The quantitative estimate of drug-likeness (QED) is 0.743. The SMILES string of the molecule is COc1ccccc1N1CCN(C(=O)C[C@H]2Sc3ccc(C(F)(F)F)cc3NC2=O)CC1. The molecule has 0 unspecified atom stereocenters. The van der Waals surface area contributed by atoms with Gasteiger partial charge in [0.1, 0.15) is 5.75 Å². The van der Waals surface area contributed by atoms with Crippen LogP contribution in [0.1, 0.15) is 12.0 Å². The van der Waals surface area contributed by atoms with Crippen molar-refractivity contribution in [2.24, 2.45) is 0 Å². The standard InChI is InChI=1S/C22H22F3N3O3S/c1-31-17-5-3-2-4-16(17)27-8-10-28(11-9-27)20(29)13-19-21(30)26-15-12-14(22(23,24)25)6-7-18(15)32-19/h2-7,12,19H,8-11,13H2,1H3,(H,26,30)/t19-/m1/s1. The van der Waals surface area contributed by atoms with Gasteiger partial charge in [-0.15, -0.1) is 11.8 Å². The van der Waals surface area contributed by atoms with Crippen molar-refractivity contribution in [3.05, 3.63) is 48.0 Å². The molecule has 2 aromatic rings. The van der Waals surface area contributed by atoms with Crippen molar-refractivity contribution in [2.75, 3.05) is 43.5 Å². The number of halogens is 3. The molecule has 2 aromatic carbocycles. The molecule has 1 fully saturated rings. The molecule has 6 nitrogen and oxygen atoms in total. The Balaban J connectivity index is 1.36. The number of amides is 2. The molecule has 2 amide bonds. The van der Waals surface area contributed by atoms with Crippen LogP contribution in [0.4, 0.5) is 24.5 Å². The molecule has 10 heteroatoms. The van der Waals surface area contributed by atoms with Gasteiger partial charge >= 0.3 is 6.18 Å². The Hall–Kier alpha value is -2.88. The number of ether oxygens (including phenoxy) is 1. The van der Waals surface area contributed by atoms with E-state index in [2.05, 4.69) is 10.2 Å². The molecule has 1 saturated heterocycles. The van der Waals surface area contributed by atoms with Gasteiger partial charge in [-0.05, 0) is 30.3 Å². The number of nitrogens with one attached hydrogen (secondary N) is 1. The Morgan fingerprint density at radius 1 is 1.16 bits per heavy atom. The summed E-state index contributed by atoms with van der Waals surface area (Å²) in [5, 5.41) is 1.84. The minimum absolute atomic E-state index is 0.00831. The highest BCUT2D eigenvalue weighted by atomic mass is 32.2. The molecule has 170 valence electrons. The van der Waals surface area contributed by atoms with Gasteiger partial charge in [0, 0.05) is 37.5 Å². The Labute approximate surface area is 187 Å². The number of rotatable bonds is 4.